The number of ether oxygens (including phenoxy) is 1. The molecule has 128 valence electrons. The maximum absolute atomic E-state index is 12.4. The Hall–Kier alpha value is -0.850. The molecule has 0 aromatic rings. The Morgan fingerprint density at radius 3 is 2.64 bits per heavy atom. The van der Waals surface area contributed by atoms with Crippen LogP contribution in [0.2, 0.25) is 0 Å². The molecule has 2 heterocycles. The number of halogens is 1. The second kappa shape index (κ2) is 7.62. The van der Waals surface area contributed by atoms with Crippen LogP contribution >= 0.6 is 12.4 Å². The number of carbonyl (C=O) groups is 2. The van der Waals surface area contributed by atoms with Crippen molar-refractivity contribution in [3.05, 3.63) is 0 Å². The molecule has 6 nitrogen and oxygen atoms in total. The summed E-state index contributed by atoms with van der Waals surface area (Å²) >= 11 is 0. The highest BCUT2D eigenvalue weighted by Gasteiger charge is 2.41. The molecule has 2 aliphatic heterocycles. The van der Waals surface area contributed by atoms with Gasteiger partial charge in [0, 0.05) is 31.6 Å². The fourth-order valence-electron chi connectivity index (χ4n) is 3.43. The Morgan fingerprint density at radius 2 is 2.14 bits per heavy atom. The van der Waals surface area contributed by atoms with Crippen molar-refractivity contribution < 1.29 is 14.3 Å². The van der Waals surface area contributed by atoms with E-state index in [0.29, 0.717) is 26.2 Å². The van der Waals surface area contributed by atoms with Crippen molar-refractivity contribution in [3.63, 3.8) is 0 Å². The maximum Gasteiger partial charge on any atom is 0.242 e. The molecule has 0 saturated carbocycles. The molecule has 2 rings (SSSR count). The van der Waals surface area contributed by atoms with Crippen LogP contribution in [0, 0.1) is 0 Å². The minimum absolute atomic E-state index is 0. The Bertz CT molecular complexity index is 409. The number of nitrogens with one attached hydrogen (secondary N) is 1. The SMILES string of the molecule is CC(C)N1C(=O)CN(C(=O)CC2COCCN2)CC1(C)C.Cl. The van der Waals surface area contributed by atoms with Gasteiger partial charge < -0.3 is 19.9 Å². The predicted octanol–water partition coefficient (Wildman–Crippen LogP) is 0.645. The Labute approximate surface area is 138 Å². The minimum Gasteiger partial charge on any atom is -0.378 e. The van der Waals surface area contributed by atoms with Gasteiger partial charge >= 0.3 is 0 Å². The molecule has 2 fully saturated rings. The predicted molar refractivity (Wildman–Crippen MR) is 87.1 cm³/mol. The van der Waals surface area contributed by atoms with Crippen LogP contribution in [0.3, 0.4) is 0 Å². The fraction of sp³-hybridized carbons (Fsp3) is 0.867. The Balaban J connectivity index is 0.00000242. The largest absolute Gasteiger partial charge is 0.378 e. The summed E-state index contributed by atoms with van der Waals surface area (Å²) in [6.07, 6.45) is 0.394. The van der Waals surface area contributed by atoms with Gasteiger partial charge in [-0.25, -0.2) is 0 Å². The van der Waals surface area contributed by atoms with Gasteiger partial charge in [-0.3, -0.25) is 9.59 Å². The van der Waals surface area contributed by atoms with Crippen LogP contribution in [0.25, 0.3) is 0 Å². The number of piperazine rings is 1. The highest BCUT2D eigenvalue weighted by molar-refractivity contribution is 5.87. The van der Waals surface area contributed by atoms with E-state index in [1.807, 2.05) is 32.6 Å². The lowest BCUT2D eigenvalue weighted by Gasteiger charge is -2.49. The molecular weight excluding hydrogens is 306 g/mol. The van der Waals surface area contributed by atoms with Gasteiger partial charge in [-0.05, 0) is 27.7 Å². The minimum atomic E-state index is -0.324. The number of rotatable bonds is 3. The third-order valence-corrected chi connectivity index (χ3v) is 4.11. The van der Waals surface area contributed by atoms with E-state index in [-0.39, 0.29) is 48.4 Å². The monoisotopic (exact) mass is 333 g/mol. The van der Waals surface area contributed by atoms with E-state index < -0.39 is 0 Å². The Morgan fingerprint density at radius 1 is 1.45 bits per heavy atom. The summed E-state index contributed by atoms with van der Waals surface area (Å²) < 4.78 is 5.37. The van der Waals surface area contributed by atoms with Crippen LogP contribution in [0.1, 0.15) is 34.1 Å². The summed E-state index contributed by atoms with van der Waals surface area (Å²) in [5.74, 6) is 0.0604. The second-order valence-electron chi connectivity index (χ2n) is 6.85. The van der Waals surface area contributed by atoms with Crippen LogP contribution in [-0.2, 0) is 14.3 Å². The van der Waals surface area contributed by atoms with Crippen LogP contribution in [-0.4, -0.2) is 72.1 Å². The van der Waals surface area contributed by atoms with Crippen molar-refractivity contribution in [2.75, 3.05) is 32.8 Å². The number of hydrogen-bond acceptors (Lipinski definition) is 4. The summed E-state index contributed by atoms with van der Waals surface area (Å²) in [5, 5.41) is 3.28. The first-order valence-electron chi connectivity index (χ1n) is 7.72. The van der Waals surface area contributed by atoms with Crippen LogP contribution in [0.15, 0.2) is 0 Å². The van der Waals surface area contributed by atoms with E-state index in [0.717, 1.165) is 6.54 Å². The fourth-order valence-corrected chi connectivity index (χ4v) is 3.43. The molecule has 0 bridgehead atoms. The number of morpholine rings is 1. The number of hydrogen-bond donors (Lipinski definition) is 1. The van der Waals surface area contributed by atoms with Crippen LogP contribution in [0.4, 0.5) is 0 Å². The van der Waals surface area contributed by atoms with Gasteiger partial charge in [0.25, 0.3) is 0 Å². The highest BCUT2D eigenvalue weighted by Crippen LogP contribution is 2.24. The van der Waals surface area contributed by atoms with E-state index in [2.05, 4.69) is 5.32 Å². The standard InChI is InChI=1S/C15H27N3O3.ClH/c1-11(2)18-14(20)8-17(10-15(18,3)4)13(19)7-12-9-21-6-5-16-12;/h11-12,16H,5-10H2,1-4H3;1H. The van der Waals surface area contributed by atoms with Crippen LogP contribution < -0.4 is 5.32 Å². The van der Waals surface area contributed by atoms with E-state index >= 15 is 0 Å². The average Bonchev–Trinajstić information content (AvgIpc) is 2.37. The number of carbonyl (C=O) groups excluding carboxylic acids is 2. The summed E-state index contributed by atoms with van der Waals surface area (Å²) in [7, 11) is 0. The molecule has 7 heteroatoms. The lowest BCUT2D eigenvalue weighted by Crippen LogP contribution is -2.65. The van der Waals surface area contributed by atoms with E-state index in [9.17, 15) is 9.59 Å². The zero-order valence-electron chi connectivity index (χ0n) is 13.9. The normalized spacial score (nSPS) is 25.1. The first-order chi connectivity index (χ1) is 9.81. The number of nitrogens with zero attached hydrogens (tertiary/aromatic N) is 2. The molecule has 1 N–H and O–H groups in total. The first-order valence-corrected chi connectivity index (χ1v) is 7.72. The van der Waals surface area contributed by atoms with Crippen molar-refractivity contribution in [1.29, 1.82) is 0 Å². The summed E-state index contributed by atoms with van der Waals surface area (Å²) in [6.45, 7) is 10.9. The molecule has 0 aromatic carbocycles. The molecule has 0 radical (unpaired) electrons. The topological polar surface area (TPSA) is 61.9 Å². The third kappa shape index (κ3) is 4.33. The molecule has 0 aliphatic carbocycles. The van der Waals surface area contributed by atoms with Crippen molar-refractivity contribution in [3.8, 4) is 0 Å². The first kappa shape index (κ1) is 19.2. The highest BCUT2D eigenvalue weighted by atomic mass is 35.5. The zero-order chi connectivity index (χ0) is 15.6. The number of amides is 2. The van der Waals surface area contributed by atoms with Crippen molar-refractivity contribution in [2.24, 2.45) is 0 Å². The quantitative estimate of drug-likeness (QED) is 0.823. The van der Waals surface area contributed by atoms with Crippen LogP contribution in [0.5, 0.6) is 0 Å². The van der Waals surface area contributed by atoms with Gasteiger partial charge in [-0.15, -0.1) is 12.4 Å². The molecule has 2 amide bonds. The van der Waals surface area contributed by atoms with E-state index in [1.165, 1.54) is 0 Å². The smallest absolute Gasteiger partial charge is 0.242 e. The van der Waals surface area contributed by atoms with Gasteiger partial charge in [0.2, 0.25) is 11.8 Å². The molecule has 0 aromatic heterocycles. The lowest BCUT2D eigenvalue weighted by atomic mass is 9.96. The second-order valence-corrected chi connectivity index (χ2v) is 6.85. The summed E-state index contributed by atoms with van der Waals surface area (Å²) in [6, 6.07) is 0.214. The Kier molecular flexibility index (Phi) is 6.65. The molecule has 1 atom stereocenters. The molecule has 22 heavy (non-hydrogen) atoms. The maximum atomic E-state index is 12.4. The van der Waals surface area contributed by atoms with Gasteiger partial charge in [-0.2, -0.15) is 0 Å². The molecule has 2 aliphatic rings. The van der Waals surface area contributed by atoms with Gasteiger partial charge in [0.05, 0.1) is 25.3 Å². The van der Waals surface area contributed by atoms with Gasteiger partial charge in [0.1, 0.15) is 0 Å². The molecule has 0 spiro atoms. The summed E-state index contributed by atoms with van der Waals surface area (Å²) in [4.78, 5) is 28.4. The van der Waals surface area contributed by atoms with Crippen molar-refractivity contribution >= 4 is 24.2 Å². The van der Waals surface area contributed by atoms with Crippen molar-refractivity contribution in [2.45, 2.75) is 51.7 Å². The molecule has 1 unspecified atom stereocenters. The molecule has 2 saturated heterocycles. The van der Waals surface area contributed by atoms with Gasteiger partial charge in [-0.1, -0.05) is 0 Å². The molecular formula is C15H28ClN3O3. The zero-order valence-corrected chi connectivity index (χ0v) is 14.7. The van der Waals surface area contributed by atoms with Crippen molar-refractivity contribution in [1.82, 2.24) is 15.1 Å². The third-order valence-electron chi connectivity index (χ3n) is 4.11. The van der Waals surface area contributed by atoms with Gasteiger partial charge in [0.15, 0.2) is 0 Å². The van der Waals surface area contributed by atoms with E-state index in [4.69, 9.17) is 4.74 Å². The van der Waals surface area contributed by atoms with E-state index in [1.54, 1.807) is 4.90 Å². The lowest BCUT2D eigenvalue weighted by molar-refractivity contribution is -0.156. The average molecular weight is 334 g/mol. The summed E-state index contributed by atoms with van der Waals surface area (Å²) in [5.41, 5.74) is -0.324.